The number of aliphatic carboxylic acids is 1. The normalized spacial score (nSPS) is 19.7. The van der Waals surface area contributed by atoms with E-state index in [9.17, 15) is 14.4 Å². The molecule has 4 nitrogen and oxygen atoms in total. The summed E-state index contributed by atoms with van der Waals surface area (Å²) in [6.45, 7) is 2.08. The minimum absolute atomic E-state index is 0.00979. The SMILES string of the molecule is CCc1ccc(C(=O)C=C[C@@H]2CCC(=O)[C@H]2CCCCCCC(=O)O)cc1. The topological polar surface area (TPSA) is 71.4 Å². The van der Waals surface area contributed by atoms with Crippen LogP contribution in [0.15, 0.2) is 36.4 Å². The zero-order valence-corrected chi connectivity index (χ0v) is 16.2. The lowest BCUT2D eigenvalue weighted by atomic mass is 9.89. The number of Topliss-reactive ketones (excluding diaryl/α,β-unsaturated/α-hetero) is 1. The van der Waals surface area contributed by atoms with Crippen molar-refractivity contribution in [3.05, 3.63) is 47.5 Å². The molecule has 1 aliphatic carbocycles. The van der Waals surface area contributed by atoms with Gasteiger partial charge in [0.2, 0.25) is 0 Å². The Labute approximate surface area is 161 Å². The van der Waals surface area contributed by atoms with Crippen LogP contribution in [0.2, 0.25) is 0 Å². The summed E-state index contributed by atoms with van der Waals surface area (Å²) in [7, 11) is 0. The van der Waals surface area contributed by atoms with Crippen LogP contribution in [0.4, 0.5) is 0 Å². The quantitative estimate of drug-likeness (QED) is 0.338. The van der Waals surface area contributed by atoms with Gasteiger partial charge in [0.05, 0.1) is 0 Å². The molecule has 1 saturated carbocycles. The number of allylic oxidation sites excluding steroid dienone is 2. The predicted molar refractivity (Wildman–Crippen MR) is 106 cm³/mol. The van der Waals surface area contributed by atoms with E-state index in [1.165, 1.54) is 5.56 Å². The highest BCUT2D eigenvalue weighted by atomic mass is 16.4. The average molecular weight is 370 g/mol. The van der Waals surface area contributed by atoms with Crippen molar-refractivity contribution in [2.75, 3.05) is 0 Å². The van der Waals surface area contributed by atoms with Gasteiger partial charge in [-0.05, 0) is 43.2 Å². The lowest BCUT2D eigenvalue weighted by molar-refractivity contribution is -0.137. The van der Waals surface area contributed by atoms with Gasteiger partial charge in [-0.3, -0.25) is 14.4 Å². The second-order valence-corrected chi connectivity index (χ2v) is 7.40. The third-order valence-corrected chi connectivity index (χ3v) is 5.45. The third-order valence-electron chi connectivity index (χ3n) is 5.45. The number of carboxylic acid groups (broad SMARTS) is 1. The maximum Gasteiger partial charge on any atom is 0.303 e. The number of unbranched alkanes of at least 4 members (excludes halogenated alkanes) is 3. The van der Waals surface area contributed by atoms with E-state index in [1.807, 2.05) is 30.3 Å². The second-order valence-electron chi connectivity index (χ2n) is 7.40. The van der Waals surface area contributed by atoms with Crippen LogP contribution in [-0.2, 0) is 16.0 Å². The molecule has 1 fully saturated rings. The van der Waals surface area contributed by atoms with Crippen molar-refractivity contribution in [2.24, 2.45) is 11.8 Å². The third kappa shape index (κ3) is 6.78. The number of hydrogen-bond acceptors (Lipinski definition) is 3. The summed E-state index contributed by atoms with van der Waals surface area (Å²) >= 11 is 0. The first-order chi connectivity index (χ1) is 13.0. The summed E-state index contributed by atoms with van der Waals surface area (Å²) in [6.07, 6.45) is 10.5. The molecular formula is C23H30O4. The molecule has 2 atom stereocenters. The fourth-order valence-electron chi connectivity index (χ4n) is 3.75. The Bertz CT molecular complexity index is 672. The highest BCUT2D eigenvalue weighted by Gasteiger charge is 2.32. The second kappa shape index (κ2) is 10.8. The molecule has 27 heavy (non-hydrogen) atoms. The number of ketones is 2. The Balaban J connectivity index is 1.82. The summed E-state index contributed by atoms with van der Waals surface area (Å²) in [4.78, 5) is 35.0. The van der Waals surface area contributed by atoms with Crippen LogP contribution < -0.4 is 0 Å². The van der Waals surface area contributed by atoms with Gasteiger partial charge in [-0.1, -0.05) is 56.5 Å². The molecule has 0 saturated heterocycles. The number of rotatable bonds is 11. The van der Waals surface area contributed by atoms with Crippen molar-refractivity contribution in [1.82, 2.24) is 0 Å². The van der Waals surface area contributed by atoms with E-state index in [4.69, 9.17) is 5.11 Å². The van der Waals surface area contributed by atoms with Crippen molar-refractivity contribution < 1.29 is 19.5 Å². The molecule has 0 aliphatic heterocycles. The molecule has 0 heterocycles. The highest BCUT2D eigenvalue weighted by molar-refractivity contribution is 6.04. The van der Waals surface area contributed by atoms with Gasteiger partial charge in [0.25, 0.3) is 0 Å². The van der Waals surface area contributed by atoms with Crippen LogP contribution in [0, 0.1) is 11.8 Å². The van der Waals surface area contributed by atoms with Gasteiger partial charge in [-0.15, -0.1) is 0 Å². The van der Waals surface area contributed by atoms with Gasteiger partial charge in [0, 0.05) is 24.3 Å². The largest absolute Gasteiger partial charge is 0.481 e. The summed E-state index contributed by atoms with van der Waals surface area (Å²) < 4.78 is 0. The molecule has 1 aromatic carbocycles. The maximum atomic E-state index is 12.4. The van der Waals surface area contributed by atoms with E-state index in [0.717, 1.165) is 38.5 Å². The van der Waals surface area contributed by atoms with Gasteiger partial charge in [0.15, 0.2) is 5.78 Å². The Kier molecular flexibility index (Phi) is 8.43. The van der Waals surface area contributed by atoms with E-state index in [0.29, 0.717) is 24.2 Å². The fraction of sp³-hybridized carbons (Fsp3) is 0.522. The average Bonchev–Trinajstić information content (AvgIpc) is 3.02. The van der Waals surface area contributed by atoms with Crippen molar-refractivity contribution in [3.8, 4) is 0 Å². The van der Waals surface area contributed by atoms with Crippen molar-refractivity contribution in [3.63, 3.8) is 0 Å². The van der Waals surface area contributed by atoms with Gasteiger partial charge >= 0.3 is 5.97 Å². The number of carbonyl (C=O) groups is 3. The summed E-state index contributed by atoms with van der Waals surface area (Å²) in [5.41, 5.74) is 1.89. The van der Waals surface area contributed by atoms with Crippen LogP contribution in [0.25, 0.3) is 0 Å². The number of hydrogen-bond donors (Lipinski definition) is 1. The van der Waals surface area contributed by atoms with Crippen molar-refractivity contribution in [2.45, 2.75) is 64.7 Å². The molecule has 1 aromatic rings. The molecule has 0 aromatic heterocycles. The van der Waals surface area contributed by atoms with E-state index in [1.54, 1.807) is 6.08 Å². The number of carbonyl (C=O) groups excluding carboxylic acids is 2. The fourth-order valence-corrected chi connectivity index (χ4v) is 3.75. The highest BCUT2D eigenvalue weighted by Crippen LogP contribution is 2.34. The van der Waals surface area contributed by atoms with E-state index < -0.39 is 5.97 Å². The van der Waals surface area contributed by atoms with Crippen LogP contribution in [0.3, 0.4) is 0 Å². The van der Waals surface area contributed by atoms with Gasteiger partial charge in [0.1, 0.15) is 5.78 Å². The molecule has 0 unspecified atom stereocenters. The van der Waals surface area contributed by atoms with Gasteiger partial charge in [-0.25, -0.2) is 0 Å². The molecule has 1 N–H and O–H groups in total. The lowest BCUT2D eigenvalue weighted by Gasteiger charge is -2.14. The van der Waals surface area contributed by atoms with Gasteiger partial charge < -0.3 is 5.11 Å². The van der Waals surface area contributed by atoms with E-state index in [2.05, 4.69) is 6.92 Å². The summed E-state index contributed by atoms with van der Waals surface area (Å²) in [6, 6.07) is 7.68. The minimum Gasteiger partial charge on any atom is -0.481 e. The Morgan fingerprint density at radius 2 is 1.81 bits per heavy atom. The predicted octanol–water partition coefficient (Wildman–Crippen LogP) is 5.01. The maximum absolute atomic E-state index is 12.4. The number of carboxylic acids is 1. The Morgan fingerprint density at radius 3 is 2.48 bits per heavy atom. The zero-order valence-electron chi connectivity index (χ0n) is 16.2. The standard InChI is InChI=1S/C23H30O4/c1-2-17-9-11-19(12-10-17)21(24)15-13-18-14-16-22(25)20(18)7-5-3-4-6-8-23(26)27/h9-13,15,18,20H,2-8,14,16H2,1H3,(H,26,27)/t18-,20+/m1/s1. The lowest BCUT2D eigenvalue weighted by Crippen LogP contribution is -2.13. The van der Waals surface area contributed by atoms with Crippen LogP contribution >= 0.6 is 0 Å². The number of aryl methyl sites for hydroxylation is 1. The first kappa shape index (κ1) is 21.1. The first-order valence-corrected chi connectivity index (χ1v) is 10.1. The zero-order chi connectivity index (χ0) is 19.6. The molecular weight excluding hydrogens is 340 g/mol. The minimum atomic E-state index is -0.750. The summed E-state index contributed by atoms with van der Waals surface area (Å²) in [5.74, 6) is -0.300. The van der Waals surface area contributed by atoms with E-state index in [-0.39, 0.29) is 24.0 Å². The molecule has 4 heteroatoms. The molecule has 0 radical (unpaired) electrons. The van der Waals surface area contributed by atoms with Crippen LogP contribution in [0.5, 0.6) is 0 Å². The summed E-state index contributed by atoms with van der Waals surface area (Å²) in [5, 5.41) is 8.64. The molecule has 2 rings (SSSR count). The monoisotopic (exact) mass is 370 g/mol. The van der Waals surface area contributed by atoms with Crippen LogP contribution in [-0.4, -0.2) is 22.6 Å². The van der Waals surface area contributed by atoms with Crippen LogP contribution in [0.1, 0.15) is 74.2 Å². The molecule has 0 amide bonds. The molecule has 0 bridgehead atoms. The Hall–Kier alpha value is -2.23. The first-order valence-electron chi connectivity index (χ1n) is 10.1. The molecule has 0 spiro atoms. The molecule has 1 aliphatic rings. The Morgan fingerprint density at radius 1 is 1.11 bits per heavy atom. The molecule has 146 valence electrons. The van der Waals surface area contributed by atoms with Crippen molar-refractivity contribution >= 4 is 17.5 Å². The van der Waals surface area contributed by atoms with Crippen molar-refractivity contribution in [1.29, 1.82) is 0 Å². The van der Waals surface area contributed by atoms with E-state index >= 15 is 0 Å². The smallest absolute Gasteiger partial charge is 0.303 e. The van der Waals surface area contributed by atoms with Gasteiger partial charge in [-0.2, -0.15) is 0 Å². The number of benzene rings is 1.